The Balaban J connectivity index is 3.76. The van der Waals surface area contributed by atoms with E-state index in [9.17, 15) is 0 Å². The van der Waals surface area contributed by atoms with Gasteiger partial charge in [0.25, 0.3) is 0 Å². The molecule has 2 heteroatoms. The van der Waals surface area contributed by atoms with E-state index < -0.39 is 0 Å². The Kier molecular flexibility index (Phi) is 9.13. The van der Waals surface area contributed by atoms with Gasteiger partial charge in [0, 0.05) is 13.2 Å². The highest BCUT2D eigenvalue weighted by Crippen LogP contribution is 1.97. The molecule has 0 radical (unpaired) electrons. The molecule has 0 amide bonds. The van der Waals surface area contributed by atoms with Crippen LogP contribution in [0.2, 0.25) is 0 Å². The molecule has 0 rings (SSSR count). The zero-order valence-corrected chi connectivity index (χ0v) is 10.3. The molecule has 15 heavy (non-hydrogen) atoms. The lowest BCUT2D eigenvalue weighted by Gasteiger charge is -2.18. The minimum atomic E-state index is 0.964. The summed E-state index contributed by atoms with van der Waals surface area (Å²) < 4.78 is 0. The average Bonchev–Trinajstić information content (AvgIpc) is 2.23. The average molecular weight is 208 g/mol. The Morgan fingerprint density at radius 3 is 2.73 bits per heavy atom. The molecule has 0 aliphatic heterocycles. The third kappa shape index (κ3) is 8.16. The van der Waals surface area contributed by atoms with Crippen LogP contribution in [0.15, 0.2) is 36.5 Å². The van der Waals surface area contributed by atoms with Crippen molar-refractivity contribution in [1.82, 2.24) is 10.2 Å². The topological polar surface area (TPSA) is 15.3 Å². The van der Waals surface area contributed by atoms with Gasteiger partial charge < -0.3 is 5.32 Å². The summed E-state index contributed by atoms with van der Waals surface area (Å²) >= 11 is 0. The quantitative estimate of drug-likeness (QED) is 0.487. The smallest absolute Gasteiger partial charge is 0.0477 e. The molecule has 0 aliphatic rings. The van der Waals surface area contributed by atoms with Crippen molar-refractivity contribution in [3.8, 4) is 0 Å². The van der Waals surface area contributed by atoms with E-state index in [1.54, 1.807) is 0 Å². The van der Waals surface area contributed by atoms with E-state index in [-0.39, 0.29) is 0 Å². The predicted molar refractivity (Wildman–Crippen MR) is 68.9 cm³/mol. The summed E-state index contributed by atoms with van der Waals surface area (Å²) in [5.41, 5.74) is 1.25. The summed E-state index contributed by atoms with van der Waals surface area (Å²) in [5, 5.41) is 3.17. The molecule has 1 N–H and O–H groups in total. The molecule has 0 aromatic heterocycles. The van der Waals surface area contributed by atoms with Crippen LogP contribution in [0.25, 0.3) is 0 Å². The lowest BCUT2D eigenvalue weighted by atomic mass is 10.2. The fourth-order valence-corrected chi connectivity index (χ4v) is 1.34. The second-order valence-corrected chi connectivity index (χ2v) is 3.56. The van der Waals surface area contributed by atoms with Crippen LogP contribution in [0.4, 0.5) is 0 Å². The van der Waals surface area contributed by atoms with E-state index in [0.717, 1.165) is 26.2 Å². The van der Waals surface area contributed by atoms with Crippen LogP contribution in [-0.2, 0) is 0 Å². The highest BCUT2D eigenvalue weighted by molar-refractivity contribution is 5.20. The van der Waals surface area contributed by atoms with Gasteiger partial charge in [0.15, 0.2) is 0 Å². The van der Waals surface area contributed by atoms with Crippen LogP contribution in [0.5, 0.6) is 0 Å². The van der Waals surface area contributed by atoms with Gasteiger partial charge in [0.2, 0.25) is 0 Å². The van der Waals surface area contributed by atoms with Crippen molar-refractivity contribution in [2.24, 2.45) is 0 Å². The first-order valence-corrected chi connectivity index (χ1v) is 5.57. The fraction of sp³-hybridized carbons (Fsp3) is 0.538. The Hall–Kier alpha value is -0.860. The van der Waals surface area contributed by atoms with Gasteiger partial charge >= 0.3 is 0 Å². The maximum atomic E-state index is 3.67. The molecule has 0 spiro atoms. The van der Waals surface area contributed by atoms with Gasteiger partial charge in [-0.15, -0.1) is 0 Å². The first-order valence-electron chi connectivity index (χ1n) is 5.57. The van der Waals surface area contributed by atoms with Crippen LogP contribution in [-0.4, -0.2) is 31.7 Å². The van der Waals surface area contributed by atoms with Gasteiger partial charge in [-0.25, -0.2) is 0 Å². The highest BCUT2D eigenvalue weighted by atomic mass is 15.2. The van der Waals surface area contributed by atoms with Crippen LogP contribution in [0.3, 0.4) is 0 Å². The van der Waals surface area contributed by atoms with Crippen molar-refractivity contribution in [2.45, 2.75) is 20.3 Å². The van der Waals surface area contributed by atoms with Crippen LogP contribution < -0.4 is 5.32 Å². The second kappa shape index (κ2) is 9.69. The first kappa shape index (κ1) is 14.1. The summed E-state index contributed by atoms with van der Waals surface area (Å²) in [5.74, 6) is 0. The minimum absolute atomic E-state index is 0.964. The third-order valence-corrected chi connectivity index (χ3v) is 2.20. The molecular formula is C13H24N2. The molecule has 0 saturated heterocycles. The number of nitrogens with one attached hydrogen (secondary N) is 1. The maximum Gasteiger partial charge on any atom is 0.0477 e. The first-order chi connectivity index (χ1) is 7.24. The van der Waals surface area contributed by atoms with Crippen molar-refractivity contribution in [2.75, 3.05) is 26.8 Å². The lowest BCUT2D eigenvalue weighted by Crippen LogP contribution is -2.32. The lowest BCUT2D eigenvalue weighted by molar-refractivity contribution is 0.279. The van der Waals surface area contributed by atoms with E-state index in [2.05, 4.69) is 42.8 Å². The van der Waals surface area contributed by atoms with Gasteiger partial charge in [-0.2, -0.15) is 0 Å². The molecule has 0 atom stereocenters. The molecule has 86 valence electrons. The van der Waals surface area contributed by atoms with Gasteiger partial charge in [0.1, 0.15) is 0 Å². The molecule has 0 aromatic carbocycles. The van der Waals surface area contributed by atoms with E-state index in [0.29, 0.717) is 0 Å². The van der Waals surface area contributed by atoms with Gasteiger partial charge in [0.05, 0.1) is 0 Å². The molecule has 0 saturated carbocycles. The van der Waals surface area contributed by atoms with Crippen LogP contribution in [0, 0.1) is 0 Å². The molecule has 0 aliphatic carbocycles. The number of hydrogen-bond donors (Lipinski definition) is 1. The number of nitrogens with zero attached hydrogens (tertiary/aromatic N) is 1. The predicted octanol–water partition coefficient (Wildman–Crippen LogP) is 2.56. The molecular weight excluding hydrogens is 184 g/mol. The van der Waals surface area contributed by atoms with Crippen molar-refractivity contribution in [3.63, 3.8) is 0 Å². The normalized spacial score (nSPS) is 12.7. The van der Waals surface area contributed by atoms with E-state index in [1.165, 1.54) is 5.57 Å². The Morgan fingerprint density at radius 1 is 1.47 bits per heavy atom. The van der Waals surface area contributed by atoms with Crippen molar-refractivity contribution >= 4 is 0 Å². The molecule has 0 fully saturated rings. The largest absolute Gasteiger partial charge is 0.307 e. The van der Waals surface area contributed by atoms with Gasteiger partial charge in [-0.05, 0) is 26.9 Å². The zero-order chi connectivity index (χ0) is 11.5. The number of rotatable bonds is 8. The summed E-state index contributed by atoms with van der Waals surface area (Å²) in [6.45, 7) is 11.1. The molecule has 0 aromatic rings. The van der Waals surface area contributed by atoms with E-state index >= 15 is 0 Å². The summed E-state index contributed by atoms with van der Waals surface area (Å²) in [4.78, 5) is 2.37. The number of allylic oxidation sites excluding steroid dienone is 4. The summed E-state index contributed by atoms with van der Waals surface area (Å²) in [6, 6.07) is 0. The van der Waals surface area contributed by atoms with Crippen molar-refractivity contribution in [1.29, 1.82) is 0 Å². The Morgan fingerprint density at radius 2 is 2.20 bits per heavy atom. The SMILES string of the molecule is C=C/C=C(C)\C=C/CCN(CC)CNC. The molecule has 0 unspecified atom stereocenters. The Bertz CT molecular complexity index is 217. The minimum Gasteiger partial charge on any atom is -0.307 e. The molecule has 0 bridgehead atoms. The molecule has 0 heterocycles. The second-order valence-electron chi connectivity index (χ2n) is 3.56. The van der Waals surface area contributed by atoms with E-state index in [1.807, 2.05) is 19.2 Å². The fourth-order valence-electron chi connectivity index (χ4n) is 1.34. The Labute approximate surface area is 94.4 Å². The van der Waals surface area contributed by atoms with Gasteiger partial charge in [-0.1, -0.05) is 43.4 Å². The summed E-state index contributed by atoms with van der Waals surface area (Å²) in [7, 11) is 1.98. The maximum absolute atomic E-state index is 3.67. The standard InChI is InChI=1S/C13H24N2/c1-5-9-13(3)10-7-8-11-15(6-2)12-14-4/h5,7,9-10,14H,1,6,8,11-12H2,2-4H3/b10-7-,13-9-. The molecule has 2 nitrogen and oxygen atoms in total. The monoisotopic (exact) mass is 208 g/mol. The highest BCUT2D eigenvalue weighted by Gasteiger charge is 1.96. The van der Waals surface area contributed by atoms with Crippen molar-refractivity contribution in [3.05, 3.63) is 36.5 Å². The number of hydrogen-bond acceptors (Lipinski definition) is 2. The zero-order valence-electron chi connectivity index (χ0n) is 10.3. The van der Waals surface area contributed by atoms with E-state index in [4.69, 9.17) is 0 Å². The van der Waals surface area contributed by atoms with Gasteiger partial charge in [-0.3, -0.25) is 4.90 Å². The third-order valence-electron chi connectivity index (χ3n) is 2.20. The van der Waals surface area contributed by atoms with Crippen LogP contribution >= 0.6 is 0 Å². The van der Waals surface area contributed by atoms with Crippen LogP contribution in [0.1, 0.15) is 20.3 Å². The summed E-state index contributed by atoms with van der Waals surface area (Å²) in [6.07, 6.45) is 9.29. The van der Waals surface area contributed by atoms with Crippen molar-refractivity contribution < 1.29 is 0 Å².